The summed E-state index contributed by atoms with van der Waals surface area (Å²) in [7, 11) is 0. The Hall–Kier alpha value is -2.08. The highest BCUT2D eigenvalue weighted by Crippen LogP contribution is 2.46. The molecule has 1 atom stereocenters. The van der Waals surface area contributed by atoms with Gasteiger partial charge in [0.1, 0.15) is 0 Å². The van der Waals surface area contributed by atoms with Gasteiger partial charge in [-0.1, -0.05) is 80.1 Å². The third-order valence-corrected chi connectivity index (χ3v) is 4.75. The van der Waals surface area contributed by atoms with E-state index in [9.17, 15) is 0 Å². The van der Waals surface area contributed by atoms with Crippen molar-refractivity contribution in [3.05, 3.63) is 82.9 Å². The molecular weight excluding hydrogens is 264 g/mol. The summed E-state index contributed by atoms with van der Waals surface area (Å²) in [4.78, 5) is 0. The van der Waals surface area contributed by atoms with Crippen LogP contribution >= 0.6 is 0 Å². The molecule has 0 aliphatic heterocycles. The second kappa shape index (κ2) is 6.36. The zero-order chi connectivity index (χ0) is 15.5. The summed E-state index contributed by atoms with van der Waals surface area (Å²) < 4.78 is 0. The molecule has 3 rings (SSSR count). The van der Waals surface area contributed by atoms with Gasteiger partial charge in [0.05, 0.1) is 0 Å². The van der Waals surface area contributed by atoms with Crippen LogP contribution in [0.4, 0.5) is 0 Å². The van der Waals surface area contributed by atoms with Gasteiger partial charge in [-0.2, -0.15) is 0 Å². The van der Waals surface area contributed by atoms with Crippen LogP contribution in [0.25, 0.3) is 11.1 Å². The van der Waals surface area contributed by atoms with Crippen LogP contribution in [0.2, 0.25) is 0 Å². The zero-order valence-corrected chi connectivity index (χ0v) is 13.8. The first-order valence-corrected chi connectivity index (χ1v) is 8.26. The maximum absolute atomic E-state index is 2.36. The minimum Gasteiger partial charge on any atom is -0.0648 e. The fourth-order valence-corrected chi connectivity index (χ4v) is 3.48. The maximum atomic E-state index is 2.36. The van der Waals surface area contributed by atoms with Crippen LogP contribution in [0.1, 0.15) is 44.7 Å². The molecule has 0 amide bonds. The third kappa shape index (κ3) is 2.66. The van der Waals surface area contributed by atoms with Crippen LogP contribution < -0.4 is 0 Å². The van der Waals surface area contributed by atoms with E-state index in [4.69, 9.17) is 0 Å². The molecule has 0 nitrogen and oxygen atoms in total. The van der Waals surface area contributed by atoms with E-state index in [1.165, 1.54) is 34.3 Å². The fourth-order valence-electron chi connectivity index (χ4n) is 3.48. The molecule has 1 aliphatic carbocycles. The molecule has 1 aliphatic rings. The fraction of sp³-hybridized carbons (Fsp3) is 0.273. The molecule has 112 valence electrons. The van der Waals surface area contributed by atoms with Gasteiger partial charge in [-0.15, -0.1) is 0 Å². The summed E-state index contributed by atoms with van der Waals surface area (Å²) in [5.74, 6) is 0.586. The van der Waals surface area contributed by atoms with Crippen LogP contribution in [0.15, 0.2) is 71.8 Å². The van der Waals surface area contributed by atoms with Gasteiger partial charge in [-0.25, -0.2) is 0 Å². The topological polar surface area (TPSA) is 0 Å². The quantitative estimate of drug-likeness (QED) is 0.613. The standard InChI is InChI=1S/C22H24/c1-4-16(2)22-20(18-11-7-5-8-12-18)15-17(3)21(22)19-13-9-6-10-14-19/h5-14,16H,4,15H2,1-3H3. The molecule has 0 radical (unpaired) electrons. The van der Waals surface area contributed by atoms with Gasteiger partial charge in [-0.05, 0) is 53.5 Å². The van der Waals surface area contributed by atoms with Gasteiger partial charge < -0.3 is 0 Å². The van der Waals surface area contributed by atoms with Gasteiger partial charge in [-0.3, -0.25) is 0 Å². The molecule has 0 bridgehead atoms. The molecule has 0 heterocycles. The highest BCUT2D eigenvalue weighted by Gasteiger charge is 2.26. The lowest BCUT2D eigenvalue weighted by atomic mass is 9.86. The lowest BCUT2D eigenvalue weighted by Gasteiger charge is -2.19. The molecule has 2 aromatic carbocycles. The first-order chi connectivity index (χ1) is 10.7. The smallest absolute Gasteiger partial charge is 0.00515 e. The van der Waals surface area contributed by atoms with Crippen LogP contribution in [0.3, 0.4) is 0 Å². The Kier molecular flexibility index (Phi) is 4.29. The van der Waals surface area contributed by atoms with Crippen molar-refractivity contribution in [2.45, 2.75) is 33.6 Å². The van der Waals surface area contributed by atoms with Crippen molar-refractivity contribution < 1.29 is 0 Å². The molecule has 0 aromatic heterocycles. The molecule has 0 fully saturated rings. The summed E-state index contributed by atoms with van der Waals surface area (Å²) in [6, 6.07) is 21.8. The van der Waals surface area contributed by atoms with Crippen LogP contribution in [0.5, 0.6) is 0 Å². The van der Waals surface area contributed by atoms with E-state index in [2.05, 4.69) is 81.4 Å². The first-order valence-electron chi connectivity index (χ1n) is 8.26. The Labute approximate surface area is 134 Å². The Bertz CT molecular complexity index is 702. The van der Waals surface area contributed by atoms with E-state index in [-0.39, 0.29) is 0 Å². The monoisotopic (exact) mass is 288 g/mol. The predicted octanol–water partition coefficient (Wildman–Crippen LogP) is 6.36. The van der Waals surface area contributed by atoms with Crippen molar-refractivity contribution in [1.29, 1.82) is 0 Å². The number of hydrogen-bond donors (Lipinski definition) is 0. The number of allylic oxidation sites excluding steroid dienone is 4. The molecule has 0 saturated heterocycles. The van der Waals surface area contributed by atoms with E-state index in [1.807, 2.05) is 0 Å². The van der Waals surface area contributed by atoms with Gasteiger partial charge in [0.25, 0.3) is 0 Å². The highest BCUT2D eigenvalue weighted by atomic mass is 14.3. The Balaban J connectivity index is 2.16. The predicted molar refractivity (Wildman–Crippen MR) is 96.5 cm³/mol. The van der Waals surface area contributed by atoms with Crippen LogP contribution in [-0.2, 0) is 0 Å². The van der Waals surface area contributed by atoms with Gasteiger partial charge >= 0.3 is 0 Å². The summed E-state index contributed by atoms with van der Waals surface area (Å²) >= 11 is 0. The molecule has 22 heavy (non-hydrogen) atoms. The van der Waals surface area contributed by atoms with Crippen molar-refractivity contribution in [2.24, 2.45) is 5.92 Å². The van der Waals surface area contributed by atoms with Gasteiger partial charge in [0.2, 0.25) is 0 Å². The summed E-state index contributed by atoms with van der Waals surface area (Å²) in [6.07, 6.45) is 2.25. The van der Waals surface area contributed by atoms with Crippen molar-refractivity contribution in [3.63, 3.8) is 0 Å². The Morgan fingerprint density at radius 1 is 0.864 bits per heavy atom. The molecule has 1 unspecified atom stereocenters. The van der Waals surface area contributed by atoms with Gasteiger partial charge in [0, 0.05) is 0 Å². The molecule has 2 aromatic rings. The van der Waals surface area contributed by atoms with Crippen molar-refractivity contribution in [3.8, 4) is 0 Å². The van der Waals surface area contributed by atoms with E-state index in [0.29, 0.717) is 5.92 Å². The first kappa shape index (κ1) is 14.8. The summed E-state index contributed by atoms with van der Waals surface area (Å²) in [5, 5.41) is 0. The van der Waals surface area contributed by atoms with Crippen molar-refractivity contribution in [2.75, 3.05) is 0 Å². The van der Waals surface area contributed by atoms with E-state index < -0.39 is 0 Å². The summed E-state index contributed by atoms with van der Waals surface area (Å²) in [5.41, 5.74) is 8.79. The maximum Gasteiger partial charge on any atom is -0.00515 e. The average Bonchev–Trinajstić information content (AvgIpc) is 2.93. The number of benzene rings is 2. The van der Waals surface area contributed by atoms with E-state index in [0.717, 1.165) is 6.42 Å². The third-order valence-electron chi connectivity index (χ3n) is 4.75. The lowest BCUT2D eigenvalue weighted by molar-refractivity contribution is 0.677. The minimum absolute atomic E-state index is 0.586. The van der Waals surface area contributed by atoms with Crippen molar-refractivity contribution in [1.82, 2.24) is 0 Å². The second-order valence-electron chi connectivity index (χ2n) is 6.27. The summed E-state index contributed by atoms with van der Waals surface area (Å²) in [6.45, 7) is 6.94. The average molecular weight is 288 g/mol. The molecule has 0 saturated carbocycles. The largest absolute Gasteiger partial charge is 0.0648 e. The molecular formula is C22H24. The number of hydrogen-bond acceptors (Lipinski definition) is 0. The lowest BCUT2D eigenvalue weighted by Crippen LogP contribution is -2.01. The Morgan fingerprint density at radius 2 is 1.41 bits per heavy atom. The SMILES string of the molecule is CCC(C)C1=C(c2ccccc2)CC(C)=C1c1ccccc1. The van der Waals surface area contributed by atoms with E-state index >= 15 is 0 Å². The molecule has 0 spiro atoms. The Morgan fingerprint density at radius 3 is 1.95 bits per heavy atom. The van der Waals surface area contributed by atoms with Crippen molar-refractivity contribution >= 4 is 11.1 Å². The molecule has 0 N–H and O–H groups in total. The highest BCUT2D eigenvalue weighted by molar-refractivity contribution is 5.96. The normalized spacial score (nSPS) is 16.3. The van der Waals surface area contributed by atoms with Crippen LogP contribution in [0, 0.1) is 5.92 Å². The number of rotatable bonds is 4. The minimum atomic E-state index is 0.586. The zero-order valence-electron chi connectivity index (χ0n) is 13.8. The molecule has 0 heteroatoms. The van der Waals surface area contributed by atoms with E-state index in [1.54, 1.807) is 5.57 Å². The second-order valence-corrected chi connectivity index (χ2v) is 6.27. The van der Waals surface area contributed by atoms with Gasteiger partial charge in [0.15, 0.2) is 0 Å². The van der Waals surface area contributed by atoms with Crippen LogP contribution in [-0.4, -0.2) is 0 Å².